The van der Waals surface area contributed by atoms with Crippen LogP contribution in [0.5, 0.6) is 11.5 Å². The molecule has 0 saturated carbocycles. The molecule has 1 aliphatic rings. The van der Waals surface area contributed by atoms with Crippen LogP contribution in [-0.4, -0.2) is 9.97 Å². The first kappa shape index (κ1) is 9.33. The van der Waals surface area contributed by atoms with Crippen molar-refractivity contribution in [1.29, 1.82) is 0 Å². The van der Waals surface area contributed by atoms with Gasteiger partial charge in [0.15, 0.2) is 0 Å². The fourth-order valence-corrected chi connectivity index (χ4v) is 1.95. The average molecular weight is 212 g/mol. The van der Waals surface area contributed by atoms with Gasteiger partial charge in [-0.15, -0.1) is 0 Å². The molecule has 2 aromatic rings. The molecule has 0 saturated heterocycles. The van der Waals surface area contributed by atoms with Gasteiger partial charge in [0.05, 0.1) is 11.9 Å². The minimum atomic E-state index is 0.854. The van der Waals surface area contributed by atoms with E-state index in [-0.39, 0.29) is 0 Å². The molecule has 0 bridgehead atoms. The van der Waals surface area contributed by atoms with E-state index in [1.807, 2.05) is 25.1 Å². The zero-order valence-corrected chi connectivity index (χ0v) is 9.10. The van der Waals surface area contributed by atoms with Crippen LogP contribution in [0.4, 0.5) is 0 Å². The maximum atomic E-state index is 5.83. The zero-order chi connectivity index (χ0) is 11.0. The molecule has 16 heavy (non-hydrogen) atoms. The summed E-state index contributed by atoms with van der Waals surface area (Å²) in [5.41, 5.74) is 3.27. The van der Waals surface area contributed by atoms with Gasteiger partial charge in [-0.05, 0) is 43.5 Å². The molecule has 0 radical (unpaired) electrons. The predicted octanol–water partition coefficient (Wildman–Crippen LogP) is 2.68. The Balaban J connectivity index is 2.08. The van der Waals surface area contributed by atoms with Crippen molar-refractivity contribution in [2.75, 3.05) is 0 Å². The summed E-state index contributed by atoms with van der Waals surface area (Å²) < 4.78 is 5.83. The van der Waals surface area contributed by atoms with E-state index in [4.69, 9.17) is 4.74 Å². The molecule has 0 aromatic carbocycles. The number of nitrogens with zero attached hydrogens (tertiary/aromatic N) is 2. The second-order valence-electron chi connectivity index (χ2n) is 3.98. The first-order valence-corrected chi connectivity index (χ1v) is 5.40. The van der Waals surface area contributed by atoms with Crippen LogP contribution in [0.25, 0.3) is 0 Å². The lowest BCUT2D eigenvalue weighted by atomic mass is 10.1. The van der Waals surface area contributed by atoms with Crippen molar-refractivity contribution in [1.82, 2.24) is 9.97 Å². The van der Waals surface area contributed by atoms with Crippen molar-refractivity contribution in [3.63, 3.8) is 0 Å². The highest BCUT2D eigenvalue weighted by atomic mass is 16.5. The lowest BCUT2D eigenvalue weighted by molar-refractivity contribution is 0.473. The standard InChI is InChI=1S/C13H12N2O/c1-9-2-5-12-11(15-9)4-3-10-6-7-14-8-13(10)16-12/h2,5-8H,3-4H2,1H3. The highest BCUT2D eigenvalue weighted by molar-refractivity contribution is 5.41. The molecule has 0 spiro atoms. The van der Waals surface area contributed by atoms with Crippen LogP contribution in [0.3, 0.4) is 0 Å². The van der Waals surface area contributed by atoms with Gasteiger partial charge in [0.2, 0.25) is 0 Å². The molecule has 3 heteroatoms. The average Bonchev–Trinajstić information content (AvgIpc) is 2.48. The quantitative estimate of drug-likeness (QED) is 0.673. The largest absolute Gasteiger partial charge is 0.454 e. The van der Waals surface area contributed by atoms with Crippen LogP contribution in [0.15, 0.2) is 30.6 Å². The number of ether oxygens (including phenoxy) is 1. The highest BCUT2D eigenvalue weighted by Crippen LogP contribution is 2.31. The van der Waals surface area contributed by atoms with E-state index in [0.717, 1.165) is 35.7 Å². The van der Waals surface area contributed by atoms with Gasteiger partial charge >= 0.3 is 0 Å². The van der Waals surface area contributed by atoms with Crippen LogP contribution in [0.2, 0.25) is 0 Å². The number of rotatable bonds is 0. The Morgan fingerprint density at radius 1 is 1.12 bits per heavy atom. The smallest absolute Gasteiger partial charge is 0.149 e. The maximum Gasteiger partial charge on any atom is 0.149 e. The van der Waals surface area contributed by atoms with E-state index < -0.39 is 0 Å². The van der Waals surface area contributed by atoms with Crippen LogP contribution >= 0.6 is 0 Å². The Labute approximate surface area is 94.1 Å². The topological polar surface area (TPSA) is 35.0 Å². The molecule has 0 fully saturated rings. The van der Waals surface area contributed by atoms with Crippen molar-refractivity contribution in [3.05, 3.63) is 47.5 Å². The van der Waals surface area contributed by atoms with E-state index in [1.165, 1.54) is 5.56 Å². The molecule has 1 aliphatic heterocycles. The summed E-state index contributed by atoms with van der Waals surface area (Å²) in [5.74, 6) is 1.71. The molecule has 80 valence electrons. The van der Waals surface area contributed by atoms with E-state index in [9.17, 15) is 0 Å². The van der Waals surface area contributed by atoms with Gasteiger partial charge in [0.1, 0.15) is 11.5 Å². The molecule has 0 amide bonds. The summed E-state index contributed by atoms with van der Waals surface area (Å²) in [6, 6.07) is 5.97. The molecule has 0 unspecified atom stereocenters. The number of fused-ring (bicyclic) bond motifs is 2. The fourth-order valence-electron chi connectivity index (χ4n) is 1.95. The first-order valence-electron chi connectivity index (χ1n) is 5.40. The van der Waals surface area contributed by atoms with Crippen molar-refractivity contribution in [3.8, 4) is 11.5 Å². The third-order valence-corrected chi connectivity index (χ3v) is 2.79. The molecular weight excluding hydrogens is 200 g/mol. The lowest BCUT2D eigenvalue weighted by Gasteiger charge is -2.07. The highest BCUT2D eigenvalue weighted by Gasteiger charge is 2.15. The van der Waals surface area contributed by atoms with Crippen molar-refractivity contribution in [2.24, 2.45) is 0 Å². The molecule has 3 heterocycles. The summed E-state index contributed by atoms with van der Waals surface area (Å²) >= 11 is 0. The third kappa shape index (κ3) is 1.54. The Morgan fingerprint density at radius 3 is 3.00 bits per heavy atom. The Bertz CT molecular complexity index is 537. The molecule has 3 rings (SSSR count). The van der Waals surface area contributed by atoms with Crippen LogP contribution in [-0.2, 0) is 12.8 Å². The number of aryl methyl sites for hydroxylation is 3. The molecule has 0 atom stereocenters. The van der Waals surface area contributed by atoms with Crippen LogP contribution in [0, 0.1) is 6.92 Å². The van der Waals surface area contributed by atoms with Crippen molar-refractivity contribution >= 4 is 0 Å². The second-order valence-corrected chi connectivity index (χ2v) is 3.98. The summed E-state index contributed by atoms with van der Waals surface area (Å²) in [5, 5.41) is 0. The minimum Gasteiger partial charge on any atom is -0.454 e. The SMILES string of the molecule is Cc1ccc2c(n1)CCc1ccncc1O2. The number of hydrogen-bond donors (Lipinski definition) is 0. The first-order chi connectivity index (χ1) is 7.83. The number of hydrogen-bond acceptors (Lipinski definition) is 3. The Kier molecular flexibility index (Phi) is 2.10. The van der Waals surface area contributed by atoms with Gasteiger partial charge < -0.3 is 4.74 Å². The number of pyridine rings is 2. The van der Waals surface area contributed by atoms with Gasteiger partial charge in [0, 0.05) is 11.9 Å². The lowest BCUT2D eigenvalue weighted by Crippen LogP contribution is -1.94. The second kappa shape index (κ2) is 3.59. The van der Waals surface area contributed by atoms with E-state index in [0.29, 0.717) is 0 Å². The van der Waals surface area contributed by atoms with Gasteiger partial charge in [-0.1, -0.05) is 0 Å². The zero-order valence-electron chi connectivity index (χ0n) is 9.10. The maximum absolute atomic E-state index is 5.83. The third-order valence-electron chi connectivity index (χ3n) is 2.79. The van der Waals surface area contributed by atoms with Gasteiger partial charge in [-0.2, -0.15) is 0 Å². The minimum absolute atomic E-state index is 0.854. The van der Waals surface area contributed by atoms with Crippen LogP contribution in [0.1, 0.15) is 17.0 Å². The summed E-state index contributed by atoms with van der Waals surface area (Å²) in [4.78, 5) is 8.60. The van der Waals surface area contributed by atoms with E-state index in [1.54, 1.807) is 12.4 Å². The molecule has 0 aliphatic carbocycles. The van der Waals surface area contributed by atoms with E-state index in [2.05, 4.69) is 9.97 Å². The van der Waals surface area contributed by atoms with Crippen molar-refractivity contribution < 1.29 is 4.74 Å². The van der Waals surface area contributed by atoms with Gasteiger partial charge in [-0.3, -0.25) is 9.97 Å². The van der Waals surface area contributed by atoms with Crippen LogP contribution < -0.4 is 4.74 Å². The normalized spacial score (nSPS) is 13.3. The number of aromatic nitrogens is 2. The van der Waals surface area contributed by atoms with Gasteiger partial charge in [-0.25, -0.2) is 0 Å². The molecule has 0 N–H and O–H groups in total. The summed E-state index contributed by atoms with van der Waals surface area (Å²) in [7, 11) is 0. The Morgan fingerprint density at radius 2 is 2.06 bits per heavy atom. The molecular formula is C13H12N2O. The molecule has 2 aromatic heterocycles. The van der Waals surface area contributed by atoms with Crippen molar-refractivity contribution in [2.45, 2.75) is 19.8 Å². The summed E-state index contributed by atoms with van der Waals surface area (Å²) in [6.07, 6.45) is 5.45. The molecule has 3 nitrogen and oxygen atoms in total. The Hall–Kier alpha value is -1.90. The van der Waals surface area contributed by atoms with Gasteiger partial charge in [0.25, 0.3) is 0 Å². The van der Waals surface area contributed by atoms with E-state index >= 15 is 0 Å². The summed E-state index contributed by atoms with van der Waals surface area (Å²) in [6.45, 7) is 2.00. The fraction of sp³-hybridized carbons (Fsp3) is 0.231. The predicted molar refractivity (Wildman–Crippen MR) is 60.7 cm³/mol. The monoisotopic (exact) mass is 212 g/mol.